The van der Waals surface area contributed by atoms with E-state index in [0.29, 0.717) is 22.8 Å². The first-order valence-corrected chi connectivity index (χ1v) is 8.25. The standard InChI is InChI=1S/C14H21ClN2OS/c1-19-10-5-3-2-4-9-17-14(18)11-7-6-8-12(16)13(11)15/h6-8H,2-5,9-10,16H2,1H3,(H,17,18). The van der Waals surface area contributed by atoms with Gasteiger partial charge in [-0.05, 0) is 37.0 Å². The van der Waals surface area contributed by atoms with Crippen LogP contribution < -0.4 is 11.1 Å². The zero-order valence-electron chi connectivity index (χ0n) is 11.2. The molecule has 1 amide bonds. The van der Waals surface area contributed by atoms with Crippen molar-refractivity contribution in [3.05, 3.63) is 28.8 Å². The zero-order valence-corrected chi connectivity index (χ0v) is 12.8. The highest BCUT2D eigenvalue weighted by molar-refractivity contribution is 7.98. The lowest BCUT2D eigenvalue weighted by Gasteiger charge is -2.08. The zero-order chi connectivity index (χ0) is 14.1. The summed E-state index contributed by atoms with van der Waals surface area (Å²) in [6.45, 7) is 0.684. The van der Waals surface area contributed by atoms with Crippen LogP contribution in [0.15, 0.2) is 18.2 Å². The Morgan fingerprint density at radius 1 is 1.32 bits per heavy atom. The molecule has 0 radical (unpaired) electrons. The molecule has 1 rings (SSSR count). The van der Waals surface area contributed by atoms with Gasteiger partial charge >= 0.3 is 0 Å². The number of halogens is 1. The molecule has 0 aliphatic rings. The van der Waals surface area contributed by atoms with Crippen molar-refractivity contribution in [3.63, 3.8) is 0 Å². The van der Waals surface area contributed by atoms with Crippen LogP contribution in [0.4, 0.5) is 5.69 Å². The van der Waals surface area contributed by atoms with Crippen molar-refractivity contribution in [3.8, 4) is 0 Å². The van der Waals surface area contributed by atoms with Crippen LogP contribution in [0.3, 0.4) is 0 Å². The van der Waals surface area contributed by atoms with Gasteiger partial charge in [0, 0.05) is 6.54 Å². The second kappa shape index (κ2) is 9.10. The van der Waals surface area contributed by atoms with Crippen LogP contribution in [-0.4, -0.2) is 24.5 Å². The van der Waals surface area contributed by atoms with Crippen LogP contribution >= 0.6 is 23.4 Å². The molecule has 0 bridgehead atoms. The van der Waals surface area contributed by atoms with E-state index in [0.717, 1.165) is 12.8 Å². The molecule has 0 spiro atoms. The van der Waals surface area contributed by atoms with E-state index >= 15 is 0 Å². The van der Waals surface area contributed by atoms with E-state index in [1.165, 1.54) is 18.6 Å². The Morgan fingerprint density at radius 3 is 2.79 bits per heavy atom. The summed E-state index contributed by atoms with van der Waals surface area (Å²) < 4.78 is 0. The fraction of sp³-hybridized carbons (Fsp3) is 0.500. The summed E-state index contributed by atoms with van der Waals surface area (Å²) in [7, 11) is 0. The molecule has 1 aromatic carbocycles. The molecule has 0 heterocycles. The van der Waals surface area contributed by atoms with Crippen molar-refractivity contribution in [2.24, 2.45) is 0 Å². The summed E-state index contributed by atoms with van der Waals surface area (Å²) in [6.07, 6.45) is 6.73. The van der Waals surface area contributed by atoms with Crippen molar-refractivity contribution >= 4 is 35.0 Å². The van der Waals surface area contributed by atoms with Crippen molar-refractivity contribution in [1.29, 1.82) is 0 Å². The molecule has 3 N–H and O–H groups in total. The lowest BCUT2D eigenvalue weighted by atomic mass is 10.1. The van der Waals surface area contributed by atoms with Gasteiger partial charge in [-0.25, -0.2) is 0 Å². The molecule has 0 saturated heterocycles. The predicted octanol–water partition coefficient (Wildman–Crippen LogP) is 3.58. The van der Waals surface area contributed by atoms with Crippen LogP contribution in [0.25, 0.3) is 0 Å². The van der Waals surface area contributed by atoms with Gasteiger partial charge in [0.25, 0.3) is 5.91 Å². The van der Waals surface area contributed by atoms with Crippen LogP contribution in [0.2, 0.25) is 5.02 Å². The van der Waals surface area contributed by atoms with Gasteiger partial charge < -0.3 is 11.1 Å². The minimum absolute atomic E-state index is 0.151. The lowest BCUT2D eigenvalue weighted by molar-refractivity contribution is 0.0953. The molecule has 106 valence electrons. The van der Waals surface area contributed by atoms with Gasteiger partial charge in [0.2, 0.25) is 0 Å². The second-order valence-electron chi connectivity index (χ2n) is 4.37. The van der Waals surface area contributed by atoms with Crippen molar-refractivity contribution in [2.45, 2.75) is 25.7 Å². The summed E-state index contributed by atoms with van der Waals surface area (Å²) >= 11 is 7.87. The van der Waals surface area contributed by atoms with Gasteiger partial charge in [0.1, 0.15) is 0 Å². The van der Waals surface area contributed by atoms with E-state index in [1.807, 2.05) is 11.8 Å². The van der Waals surface area contributed by atoms with Crippen molar-refractivity contribution < 1.29 is 4.79 Å². The Kier molecular flexibility index (Phi) is 7.75. The number of nitrogens with one attached hydrogen (secondary N) is 1. The molecule has 0 saturated carbocycles. The SMILES string of the molecule is CSCCCCCCNC(=O)c1cccc(N)c1Cl. The Balaban J connectivity index is 2.26. The first kappa shape index (κ1) is 16.2. The molecule has 3 nitrogen and oxygen atoms in total. The molecule has 19 heavy (non-hydrogen) atoms. The molecular weight excluding hydrogens is 280 g/mol. The average molecular weight is 301 g/mol. The number of rotatable bonds is 8. The minimum atomic E-state index is -0.151. The van der Waals surface area contributed by atoms with Crippen molar-refractivity contribution in [2.75, 3.05) is 24.3 Å². The number of unbranched alkanes of at least 4 members (excludes halogenated alkanes) is 3. The van der Waals surface area contributed by atoms with Gasteiger partial charge in [0.15, 0.2) is 0 Å². The number of carbonyl (C=O) groups is 1. The summed E-state index contributed by atoms with van der Waals surface area (Å²) in [4.78, 5) is 11.9. The molecule has 5 heteroatoms. The number of hydrogen-bond donors (Lipinski definition) is 2. The van der Waals surface area contributed by atoms with Gasteiger partial charge in [-0.2, -0.15) is 11.8 Å². The van der Waals surface area contributed by atoms with Crippen LogP contribution in [0, 0.1) is 0 Å². The molecule has 0 atom stereocenters. The predicted molar refractivity (Wildman–Crippen MR) is 85.0 cm³/mol. The van der Waals surface area contributed by atoms with Crippen LogP contribution in [0.1, 0.15) is 36.0 Å². The normalized spacial score (nSPS) is 10.4. The number of nitrogens with two attached hydrogens (primary N) is 1. The average Bonchev–Trinajstić information content (AvgIpc) is 2.40. The summed E-state index contributed by atoms with van der Waals surface area (Å²) in [5.74, 6) is 1.06. The van der Waals surface area contributed by atoms with Crippen LogP contribution in [-0.2, 0) is 0 Å². The first-order chi connectivity index (χ1) is 9.16. The number of thioether (sulfide) groups is 1. The Morgan fingerprint density at radius 2 is 2.05 bits per heavy atom. The number of anilines is 1. The Labute approximate surface area is 124 Å². The maximum Gasteiger partial charge on any atom is 0.252 e. The Bertz CT molecular complexity index is 412. The molecular formula is C14H21ClN2OS. The number of carbonyl (C=O) groups excluding carboxylic acids is 1. The minimum Gasteiger partial charge on any atom is -0.398 e. The molecule has 0 aliphatic carbocycles. The van der Waals surface area contributed by atoms with Crippen LogP contribution in [0.5, 0.6) is 0 Å². The summed E-state index contributed by atoms with van der Waals surface area (Å²) in [5.41, 5.74) is 6.55. The quantitative estimate of drug-likeness (QED) is 0.570. The summed E-state index contributed by atoms with van der Waals surface area (Å²) in [6, 6.07) is 5.11. The van der Waals surface area contributed by atoms with E-state index in [-0.39, 0.29) is 5.91 Å². The number of hydrogen-bond acceptors (Lipinski definition) is 3. The van der Waals surface area contributed by atoms with E-state index in [1.54, 1.807) is 18.2 Å². The lowest BCUT2D eigenvalue weighted by Crippen LogP contribution is -2.24. The van der Waals surface area contributed by atoms with E-state index < -0.39 is 0 Å². The third-order valence-electron chi connectivity index (χ3n) is 2.83. The molecule has 0 aromatic heterocycles. The third kappa shape index (κ3) is 5.74. The summed E-state index contributed by atoms with van der Waals surface area (Å²) in [5, 5.41) is 3.21. The maximum atomic E-state index is 11.9. The molecule has 0 aliphatic heterocycles. The molecule has 1 aromatic rings. The topological polar surface area (TPSA) is 55.1 Å². The molecule has 0 unspecified atom stereocenters. The highest BCUT2D eigenvalue weighted by Crippen LogP contribution is 2.22. The van der Waals surface area contributed by atoms with Gasteiger partial charge in [-0.1, -0.05) is 30.5 Å². The fourth-order valence-corrected chi connectivity index (χ4v) is 2.45. The van der Waals surface area contributed by atoms with Gasteiger partial charge in [0.05, 0.1) is 16.3 Å². The van der Waals surface area contributed by atoms with E-state index in [9.17, 15) is 4.79 Å². The largest absolute Gasteiger partial charge is 0.398 e. The highest BCUT2D eigenvalue weighted by Gasteiger charge is 2.11. The first-order valence-electron chi connectivity index (χ1n) is 6.48. The van der Waals surface area contributed by atoms with Gasteiger partial charge in [-0.15, -0.1) is 0 Å². The number of nitrogen functional groups attached to an aromatic ring is 1. The maximum absolute atomic E-state index is 11.9. The van der Waals surface area contributed by atoms with Gasteiger partial charge in [-0.3, -0.25) is 4.79 Å². The fourth-order valence-electron chi connectivity index (χ4n) is 1.75. The van der Waals surface area contributed by atoms with E-state index in [2.05, 4.69) is 11.6 Å². The third-order valence-corrected chi connectivity index (χ3v) is 3.95. The van der Waals surface area contributed by atoms with Crippen molar-refractivity contribution in [1.82, 2.24) is 5.32 Å². The second-order valence-corrected chi connectivity index (χ2v) is 5.74. The number of benzene rings is 1. The smallest absolute Gasteiger partial charge is 0.252 e. The Hall–Kier alpha value is -0.870. The highest BCUT2D eigenvalue weighted by atomic mass is 35.5. The molecule has 0 fully saturated rings. The number of amides is 1. The van der Waals surface area contributed by atoms with E-state index in [4.69, 9.17) is 17.3 Å². The monoisotopic (exact) mass is 300 g/mol.